The minimum Gasteiger partial charge on any atom is -0.481 e. The van der Waals surface area contributed by atoms with E-state index in [0.717, 1.165) is 12.1 Å². The third kappa shape index (κ3) is 2.94. The van der Waals surface area contributed by atoms with Crippen molar-refractivity contribution in [1.29, 1.82) is 0 Å². The molecule has 2 rings (SSSR count). The molecular weight excluding hydrogens is 246 g/mol. The maximum Gasteiger partial charge on any atom is 0.307 e. The Hall–Kier alpha value is -1.85. The molecule has 19 heavy (non-hydrogen) atoms. The van der Waals surface area contributed by atoms with Crippen LogP contribution in [0, 0.1) is 11.8 Å². The Morgan fingerprint density at radius 1 is 1.42 bits per heavy atom. The predicted octanol–water partition coefficient (Wildman–Crippen LogP) is 1.97. The van der Waals surface area contributed by atoms with Gasteiger partial charge in [-0.15, -0.1) is 0 Å². The molecule has 0 aromatic carbocycles. The third-order valence-electron chi connectivity index (χ3n) is 3.64. The third-order valence-corrected chi connectivity index (χ3v) is 3.64. The van der Waals surface area contributed by atoms with Crippen molar-refractivity contribution >= 4 is 17.7 Å². The van der Waals surface area contributed by atoms with Crippen LogP contribution >= 0.6 is 0 Å². The first-order chi connectivity index (χ1) is 8.99. The molecule has 1 saturated carbocycles. The van der Waals surface area contributed by atoms with Gasteiger partial charge in [0.15, 0.2) is 5.82 Å². The summed E-state index contributed by atoms with van der Waals surface area (Å²) in [5.74, 6) is -1.38. The summed E-state index contributed by atoms with van der Waals surface area (Å²) in [5, 5.41) is 18.6. The summed E-state index contributed by atoms with van der Waals surface area (Å²) in [6.45, 7) is 4.05. The quantitative estimate of drug-likeness (QED) is 0.775. The van der Waals surface area contributed by atoms with Crippen LogP contribution in [-0.4, -0.2) is 27.2 Å². The highest BCUT2D eigenvalue weighted by molar-refractivity contribution is 5.94. The van der Waals surface area contributed by atoms with Crippen LogP contribution < -0.4 is 5.32 Å². The second-order valence-electron chi connectivity index (χ2n) is 5.33. The number of amides is 1. The number of carbonyl (C=O) groups is 2. The Balaban J connectivity index is 2.02. The molecule has 1 aliphatic rings. The smallest absolute Gasteiger partial charge is 0.307 e. The second kappa shape index (κ2) is 5.42. The molecule has 6 heteroatoms. The van der Waals surface area contributed by atoms with Gasteiger partial charge in [0.25, 0.3) is 0 Å². The van der Waals surface area contributed by atoms with Gasteiger partial charge in [0, 0.05) is 11.8 Å². The molecule has 0 radical (unpaired) electrons. The van der Waals surface area contributed by atoms with Gasteiger partial charge in [-0.25, -0.2) is 0 Å². The highest BCUT2D eigenvalue weighted by Gasteiger charge is 2.37. The van der Waals surface area contributed by atoms with Crippen molar-refractivity contribution in [2.75, 3.05) is 5.32 Å². The lowest BCUT2D eigenvalue weighted by molar-refractivity contribution is -0.145. The molecule has 1 aliphatic carbocycles. The number of hydrogen-bond donors (Lipinski definition) is 3. The zero-order chi connectivity index (χ0) is 14.0. The number of rotatable bonds is 4. The molecule has 2 atom stereocenters. The Kier molecular flexibility index (Phi) is 3.87. The predicted molar refractivity (Wildman–Crippen MR) is 69.8 cm³/mol. The zero-order valence-electron chi connectivity index (χ0n) is 11.1. The van der Waals surface area contributed by atoms with E-state index >= 15 is 0 Å². The Bertz CT molecular complexity index is 481. The Labute approximate surface area is 111 Å². The SMILES string of the molecule is CC(C)c1cc(NC(=O)C2CCCC2C(=O)O)n[nH]1. The number of nitrogens with zero attached hydrogens (tertiary/aromatic N) is 1. The highest BCUT2D eigenvalue weighted by Crippen LogP contribution is 2.32. The van der Waals surface area contributed by atoms with Gasteiger partial charge in [0.2, 0.25) is 5.91 Å². The van der Waals surface area contributed by atoms with Crippen LogP contribution in [0.25, 0.3) is 0 Å². The van der Waals surface area contributed by atoms with Crippen molar-refractivity contribution in [2.45, 2.75) is 39.0 Å². The molecular formula is C13H19N3O3. The van der Waals surface area contributed by atoms with E-state index in [1.807, 2.05) is 13.8 Å². The molecule has 1 heterocycles. The summed E-state index contributed by atoms with van der Waals surface area (Å²) in [5.41, 5.74) is 0.941. The van der Waals surface area contributed by atoms with Crippen LogP contribution in [0.15, 0.2) is 6.07 Å². The lowest BCUT2D eigenvalue weighted by Gasteiger charge is -2.14. The van der Waals surface area contributed by atoms with Crippen molar-refractivity contribution in [3.63, 3.8) is 0 Å². The van der Waals surface area contributed by atoms with E-state index in [1.165, 1.54) is 0 Å². The number of H-pyrrole nitrogens is 1. The number of carboxylic acids is 1. The van der Waals surface area contributed by atoms with Crippen LogP contribution in [0.3, 0.4) is 0 Å². The molecule has 0 spiro atoms. The number of aromatic nitrogens is 2. The van der Waals surface area contributed by atoms with Crippen molar-refractivity contribution in [1.82, 2.24) is 10.2 Å². The van der Waals surface area contributed by atoms with Gasteiger partial charge in [-0.2, -0.15) is 5.10 Å². The summed E-state index contributed by atoms with van der Waals surface area (Å²) >= 11 is 0. The van der Waals surface area contributed by atoms with E-state index in [-0.39, 0.29) is 5.91 Å². The average Bonchev–Trinajstić information content (AvgIpc) is 2.96. The molecule has 0 saturated heterocycles. The van der Waals surface area contributed by atoms with Gasteiger partial charge < -0.3 is 10.4 Å². The van der Waals surface area contributed by atoms with E-state index in [2.05, 4.69) is 15.5 Å². The van der Waals surface area contributed by atoms with Crippen LogP contribution in [0.4, 0.5) is 5.82 Å². The van der Waals surface area contributed by atoms with Crippen molar-refractivity contribution in [3.05, 3.63) is 11.8 Å². The lowest BCUT2D eigenvalue weighted by atomic mass is 9.95. The minimum atomic E-state index is -0.887. The van der Waals surface area contributed by atoms with Gasteiger partial charge in [0.1, 0.15) is 0 Å². The molecule has 0 bridgehead atoms. The van der Waals surface area contributed by atoms with E-state index in [1.54, 1.807) is 6.07 Å². The van der Waals surface area contributed by atoms with Crippen molar-refractivity contribution in [2.24, 2.45) is 11.8 Å². The molecule has 1 amide bonds. The molecule has 104 valence electrons. The normalized spacial score (nSPS) is 22.7. The number of hydrogen-bond acceptors (Lipinski definition) is 3. The maximum absolute atomic E-state index is 12.1. The fraction of sp³-hybridized carbons (Fsp3) is 0.615. The molecule has 1 aromatic rings. The van der Waals surface area contributed by atoms with E-state index in [0.29, 0.717) is 24.6 Å². The van der Waals surface area contributed by atoms with E-state index < -0.39 is 17.8 Å². The molecule has 2 unspecified atom stereocenters. The van der Waals surface area contributed by atoms with Crippen LogP contribution in [-0.2, 0) is 9.59 Å². The minimum absolute atomic E-state index is 0.244. The molecule has 1 fully saturated rings. The topological polar surface area (TPSA) is 95.1 Å². The lowest BCUT2D eigenvalue weighted by Crippen LogP contribution is -2.30. The first-order valence-corrected chi connectivity index (χ1v) is 6.58. The van der Waals surface area contributed by atoms with Crippen LogP contribution in [0.1, 0.15) is 44.7 Å². The summed E-state index contributed by atoms with van der Waals surface area (Å²) in [7, 11) is 0. The number of nitrogens with one attached hydrogen (secondary N) is 2. The second-order valence-corrected chi connectivity index (χ2v) is 5.33. The number of aliphatic carboxylic acids is 1. The van der Waals surface area contributed by atoms with Crippen molar-refractivity contribution in [3.8, 4) is 0 Å². The zero-order valence-corrected chi connectivity index (χ0v) is 11.1. The summed E-state index contributed by atoms with van der Waals surface area (Å²) in [6, 6.07) is 1.79. The van der Waals surface area contributed by atoms with Gasteiger partial charge in [-0.1, -0.05) is 20.3 Å². The van der Waals surface area contributed by atoms with Gasteiger partial charge in [-0.05, 0) is 18.8 Å². The monoisotopic (exact) mass is 265 g/mol. The fourth-order valence-electron chi connectivity index (χ4n) is 2.48. The van der Waals surface area contributed by atoms with E-state index in [9.17, 15) is 9.59 Å². The highest BCUT2D eigenvalue weighted by atomic mass is 16.4. The molecule has 1 aromatic heterocycles. The van der Waals surface area contributed by atoms with Crippen molar-refractivity contribution < 1.29 is 14.7 Å². The standard InChI is InChI=1S/C13H19N3O3/c1-7(2)10-6-11(16-15-10)14-12(17)8-4-3-5-9(8)13(18)19/h6-9H,3-5H2,1-2H3,(H,18,19)(H2,14,15,16,17). The van der Waals surface area contributed by atoms with Crippen LogP contribution in [0.5, 0.6) is 0 Å². The van der Waals surface area contributed by atoms with Crippen LogP contribution in [0.2, 0.25) is 0 Å². The summed E-state index contributed by atoms with van der Waals surface area (Å²) < 4.78 is 0. The average molecular weight is 265 g/mol. The number of carbonyl (C=O) groups excluding carboxylic acids is 1. The van der Waals surface area contributed by atoms with E-state index in [4.69, 9.17) is 5.11 Å². The summed E-state index contributed by atoms with van der Waals surface area (Å²) in [4.78, 5) is 23.1. The number of aromatic amines is 1. The first-order valence-electron chi connectivity index (χ1n) is 6.58. The largest absolute Gasteiger partial charge is 0.481 e. The van der Waals surface area contributed by atoms with Gasteiger partial charge in [-0.3, -0.25) is 14.7 Å². The number of anilines is 1. The molecule has 3 N–H and O–H groups in total. The maximum atomic E-state index is 12.1. The Morgan fingerprint density at radius 3 is 2.68 bits per heavy atom. The fourth-order valence-corrected chi connectivity index (χ4v) is 2.48. The Morgan fingerprint density at radius 2 is 2.11 bits per heavy atom. The van der Waals surface area contributed by atoms with Gasteiger partial charge in [0.05, 0.1) is 11.8 Å². The molecule has 6 nitrogen and oxygen atoms in total. The summed E-state index contributed by atoms with van der Waals surface area (Å²) in [6.07, 6.45) is 1.99. The first kappa shape index (κ1) is 13.6. The van der Waals surface area contributed by atoms with Gasteiger partial charge >= 0.3 is 5.97 Å². The molecule has 0 aliphatic heterocycles. The number of carboxylic acid groups (broad SMARTS) is 1.